The summed E-state index contributed by atoms with van der Waals surface area (Å²) in [5, 5.41) is 5.32. The van der Waals surface area contributed by atoms with Gasteiger partial charge in [0.2, 0.25) is 4.96 Å². The molecule has 4 aromatic rings. The Morgan fingerprint density at radius 1 is 1.17 bits per heavy atom. The van der Waals surface area contributed by atoms with Gasteiger partial charge in [-0.2, -0.15) is 9.50 Å². The molecule has 0 saturated carbocycles. The molecule has 0 fully saturated rings. The number of fused-ring (bicyclic) bond motifs is 1. The number of rotatable bonds is 7. The Labute approximate surface area is 187 Å². The zero-order chi connectivity index (χ0) is 21.1. The van der Waals surface area contributed by atoms with Crippen molar-refractivity contribution in [3.8, 4) is 17.1 Å². The molecule has 0 N–H and O–H groups in total. The first-order valence-electron chi connectivity index (χ1n) is 9.65. The number of hydrogen-bond donors (Lipinski definition) is 0. The van der Waals surface area contributed by atoms with Crippen LogP contribution in [0.25, 0.3) is 22.4 Å². The maximum absolute atomic E-state index is 12.9. The Morgan fingerprint density at radius 2 is 2.00 bits per heavy atom. The fraction of sp³-hybridized carbons (Fsp3) is 0.227. The molecule has 0 unspecified atom stereocenters. The van der Waals surface area contributed by atoms with Crippen molar-refractivity contribution < 1.29 is 4.74 Å². The van der Waals surface area contributed by atoms with Crippen molar-refractivity contribution >= 4 is 45.6 Å². The van der Waals surface area contributed by atoms with Crippen molar-refractivity contribution in [3.05, 3.63) is 73.0 Å². The molecule has 0 atom stereocenters. The van der Waals surface area contributed by atoms with Crippen LogP contribution in [0.1, 0.15) is 31.7 Å². The lowest BCUT2D eigenvalue weighted by Crippen LogP contribution is -2.23. The number of thiazole rings is 1. The van der Waals surface area contributed by atoms with Crippen LogP contribution in [-0.4, -0.2) is 21.2 Å². The number of aromatic nitrogens is 3. The highest BCUT2D eigenvalue weighted by atomic mass is 35.5. The van der Waals surface area contributed by atoms with Gasteiger partial charge in [0, 0.05) is 16.1 Å². The maximum Gasteiger partial charge on any atom is 0.291 e. The van der Waals surface area contributed by atoms with Crippen molar-refractivity contribution in [2.24, 2.45) is 0 Å². The highest BCUT2D eigenvalue weighted by Crippen LogP contribution is 2.28. The average molecular weight is 460 g/mol. The van der Waals surface area contributed by atoms with E-state index in [1.807, 2.05) is 30.3 Å². The third-order valence-corrected chi connectivity index (χ3v) is 6.07. The minimum Gasteiger partial charge on any atom is -0.493 e. The largest absolute Gasteiger partial charge is 0.493 e. The van der Waals surface area contributed by atoms with Crippen LogP contribution in [0.15, 0.2) is 47.3 Å². The fourth-order valence-corrected chi connectivity index (χ4v) is 4.42. The van der Waals surface area contributed by atoms with E-state index in [0.717, 1.165) is 30.6 Å². The van der Waals surface area contributed by atoms with Crippen LogP contribution in [0.3, 0.4) is 0 Å². The van der Waals surface area contributed by atoms with Crippen LogP contribution >= 0.6 is 34.5 Å². The Hall–Kier alpha value is -2.41. The van der Waals surface area contributed by atoms with Crippen LogP contribution in [0.2, 0.25) is 10.0 Å². The molecule has 0 spiro atoms. The molecule has 0 aliphatic rings. The van der Waals surface area contributed by atoms with E-state index in [4.69, 9.17) is 27.9 Å². The summed E-state index contributed by atoms with van der Waals surface area (Å²) in [6, 6.07) is 12.8. The molecular formula is C22H19Cl2N3O2S. The third-order valence-electron chi connectivity index (χ3n) is 4.56. The van der Waals surface area contributed by atoms with Crippen LogP contribution < -0.4 is 14.8 Å². The summed E-state index contributed by atoms with van der Waals surface area (Å²) in [6.45, 7) is 2.81. The van der Waals surface area contributed by atoms with Crippen molar-refractivity contribution in [1.29, 1.82) is 0 Å². The van der Waals surface area contributed by atoms with Crippen molar-refractivity contribution in [2.75, 3.05) is 6.61 Å². The molecule has 8 heteroatoms. The first-order valence-corrected chi connectivity index (χ1v) is 11.2. The summed E-state index contributed by atoms with van der Waals surface area (Å²) in [6.07, 6.45) is 5.10. The van der Waals surface area contributed by atoms with Gasteiger partial charge >= 0.3 is 0 Å². The van der Waals surface area contributed by atoms with Gasteiger partial charge in [-0.3, -0.25) is 4.79 Å². The van der Waals surface area contributed by atoms with Crippen LogP contribution in [0.5, 0.6) is 5.75 Å². The summed E-state index contributed by atoms with van der Waals surface area (Å²) in [7, 11) is 0. The first-order chi connectivity index (χ1) is 14.6. The Morgan fingerprint density at radius 3 is 2.77 bits per heavy atom. The van der Waals surface area contributed by atoms with E-state index in [1.165, 1.54) is 15.9 Å². The van der Waals surface area contributed by atoms with Crippen molar-refractivity contribution in [1.82, 2.24) is 14.6 Å². The van der Waals surface area contributed by atoms with Gasteiger partial charge in [0.25, 0.3) is 5.56 Å². The lowest BCUT2D eigenvalue weighted by molar-refractivity contribution is 0.305. The number of hydrogen-bond acceptors (Lipinski definition) is 5. The summed E-state index contributed by atoms with van der Waals surface area (Å²) < 4.78 is 7.77. The molecule has 0 saturated heterocycles. The van der Waals surface area contributed by atoms with E-state index in [2.05, 4.69) is 17.0 Å². The van der Waals surface area contributed by atoms with E-state index in [9.17, 15) is 4.79 Å². The Bertz CT molecular complexity index is 1300. The SMILES string of the molecule is CCCCCOc1ccccc1/C=c1\sc2nc(-c3ccc(Cl)cc3Cl)nn2c1=O. The molecule has 5 nitrogen and oxygen atoms in total. The summed E-state index contributed by atoms with van der Waals surface area (Å²) in [5.74, 6) is 1.16. The fourth-order valence-electron chi connectivity index (χ4n) is 3.03. The second kappa shape index (κ2) is 9.16. The van der Waals surface area contributed by atoms with Crippen LogP contribution in [-0.2, 0) is 0 Å². The lowest BCUT2D eigenvalue weighted by atomic mass is 10.2. The molecule has 0 amide bonds. The second-order valence-corrected chi connectivity index (χ2v) is 8.62. The van der Waals surface area contributed by atoms with Gasteiger partial charge in [0.05, 0.1) is 16.2 Å². The predicted molar refractivity (Wildman–Crippen MR) is 123 cm³/mol. The molecule has 0 aliphatic heterocycles. The summed E-state index contributed by atoms with van der Waals surface area (Å²) >= 11 is 13.5. The molecule has 0 bridgehead atoms. The smallest absolute Gasteiger partial charge is 0.291 e. The van der Waals surface area contributed by atoms with E-state index in [1.54, 1.807) is 18.2 Å². The van der Waals surface area contributed by atoms with Gasteiger partial charge in [0.1, 0.15) is 5.75 Å². The van der Waals surface area contributed by atoms with Crippen molar-refractivity contribution in [3.63, 3.8) is 0 Å². The van der Waals surface area contributed by atoms with Gasteiger partial charge in [-0.15, -0.1) is 5.10 Å². The highest BCUT2D eigenvalue weighted by Gasteiger charge is 2.14. The minimum absolute atomic E-state index is 0.223. The van der Waals surface area contributed by atoms with Crippen molar-refractivity contribution in [2.45, 2.75) is 26.2 Å². The van der Waals surface area contributed by atoms with Crippen LogP contribution in [0, 0.1) is 0 Å². The normalized spacial score (nSPS) is 12.0. The molecule has 0 radical (unpaired) electrons. The number of benzene rings is 2. The van der Waals surface area contributed by atoms with E-state index in [0.29, 0.717) is 37.5 Å². The number of halogens is 2. The maximum atomic E-state index is 12.9. The van der Waals surface area contributed by atoms with Crippen LogP contribution in [0.4, 0.5) is 0 Å². The number of nitrogens with zero attached hydrogens (tertiary/aromatic N) is 3. The minimum atomic E-state index is -0.223. The molecular weight excluding hydrogens is 441 g/mol. The number of para-hydroxylation sites is 1. The molecule has 0 aliphatic carbocycles. The standard InChI is InChI=1S/C22H19Cl2N3O2S/c1-2-3-6-11-29-18-8-5-4-7-14(18)12-19-21(28)27-22(30-19)25-20(26-27)16-10-9-15(23)13-17(16)24/h4-5,7-10,12-13H,2-3,6,11H2,1H3/b19-12-. The zero-order valence-electron chi connectivity index (χ0n) is 16.3. The Kier molecular flexibility index (Phi) is 6.37. The topological polar surface area (TPSA) is 56.5 Å². The molecule has 2 aromatic heterocycles. The quantitative estimate of drug-likeness (QED) is 0.354. The molecule has 154 valence electrons. The van der Waals surface area contributed by atoms with E-state index < -0.39 is 0 Å². The average Bonchev–Trinajstić information content (AvgIpc) is 3.26. The van der Waals surface area contributed by atoms with Gasteiger partial charge in [-0.25, -0.2) is 0 Å². The lowest BCUT2D eigenvalue weighted by Gasteiger charge is -2.08. The van der Waals surface area contributed by atoms with Gasteiger partial charge in [0.15, 0.2) is 5.82 Å². The monoisotopic (exact) mass is 459 g/mol. The predicted octanol–water partition coefficient (Wildman–Crippen LogP) is 5.24. The van der Waals surface area contributed by atoms with E-state index >= 15 is 0 Å². The Balaban J connectivity index is 1.68. The van der Waals surface area contributed by atoms with Gasteiger partial charge in [-0.1, -0.05) is 72.5 Å². The van der Waals surface area contributed by atoms with Gasteiger partial charge < -0.3 is 4.74 Å². The molecule has 2 heterocycles. The molecule has 30 heavy (non-hydrogen) atoms. The number of unbranched alkanes of at least 4 members (excludes halogenated alkanes) is 2. The summed E-state index contributed by atoms with van der Waals surface area (Å²) in [4.78, 5) is 17.9. The number of ether oxygens (including phenoxy) is 1. The molecule has 4 rings (SSSR count). The summed E-state index contributed by atoms with van der Waals surface area (Å²) in [5.41, 5.74) is 1.27. The zero-order valence-corrected chi connectivity index (χ0v) is 18.6. The van der Waals surface area contributed by atoms with E-state index in [-0.39, 0.29) is 5.56 Å². The molecule has 2 aromatic carbocycles. The second-order valence-electron chi connectivity index (χ2n) is 6.76. The third kappa shape index (κ3) is 4.36. The first kappa shape index (κ1) is 20.8. The highest BCUT2D eigenvalue weighted by molar-refractivity contribution is 7.15. The van der Waals surface area contributed by atoms with Gasteiger partial charge in [-0.05, 0) is 36.8 Å².